The highest BCUT2D eigenvalue weighted by Gasteiger charge is 2.17. The van der Waals surface area contributed by atoms with Crippen molar-refractivity contribution in [2.75, 3.05) is 20.3 Å². The number of hydrogen-bond donors (Lipinski definition) is 0. The molecule has 0 saturated heterocycles. The van der Waals surface area contributed by atoms with Gasteiger partial charge >= 0.3 is 0 Å². The molecule has 152 valence electrons. The van der Waals surface area contributed by atoms with Gasteiger partial charge in [-0.15, -0.1) is 0 Å². The maximum Gasteiger partial charge on any atom is 0.260 e. The van der Waals surface area contributed by atoms with Crippen LogP contribution in [0.2, 0.25) is 0 Å². The van der Waals surface area contributed by atoms with Crippen molar-refractivity contribution >= 4 is 5.91 Å². The van der Waals surface area contributed by atoms with Gasteiger partial charge in [-0.05, 0) is 68.3 Å². The van der Waals surface area contributed by atoms with Gasteiger partial charge in [0.2, 0.25) is 11.7 Å². The number of rotatable bonds is 8. The molecule has 0 saturated carbocycles. The number of methoxy groups -OCH3 is 1. The molecule has 29 heavy (non-hydrogen) atoms. The molecule has 1 heterocycles. The Bertz CT molecular complexity index is 966. The van der Waals surface area contributed by atoms with Crippen molar-refractivity contribution in [2.45, 2.75) is 27.3 Å². The smallest absolute Gasteiger partial charge is 0.260 e. The van der Waals surface area contributed by atoms with Crippen LogP contribution in [0.15, 0.2) is 47.0 Å². The van der Waals surface area contributed by atoms with Crippen LogP contribution < -0.4 is 9.47 Å². The number of nitrogens with zero attached hydrogens (tertiary/aromatic N) is 3. The monoisotopic (exact) mass is 395 g/mol. The number of benzene rings is 2. The summed E-state index contributed by atoms with van der Waals surface area (Å²) in [6.07, 6.45) is 0. The number of hydrogen-bond acceptors (Lipinski definition) is 6. The Morgan fingerprint density at radius 3 is 2.45 bits per heavy atom. The molecule has 1 amide bonds. The summed E-state index contributed by atoms with van der Waals surface area (Å²) in [6, 6.07) is 13.1. The van der Waals surface area contributed by atoms with Gasteiger partial charge in [-0.2, -0.15) is 4.98 Å². The fourth-order valence-electron chi connectivity index (χ4n) is 2.76. The fraction of sp³-hybridized carbons (Fsp3) is 0.318. The molecule has 1 aromatic heterocycles. The predicted octanol–water partition coefficient (Wildman–Crippen LogP) is 3.79. The average molecular weight is 395 g/mol. The maximum absolute atomic E-state index is 12.5. The summed E-state index contributed by atoms with van der Waals surface area (Å²) in [6.45, 7) is 6.64. The Hall–Kier alpha value is -3.35. The van der Waals surface area contributed by atoms with Gasteiger partial charge in [-0.1, -0.05) is 11.2 Å². The second-order valence-electron chi connectivity index (χ2n) is 6.68. The van der Waals surface area contributed by atoms with Crippen LogP contribution in [0, 0.1) is 13.8 Å². The van der Waals surface area contributed by atoms with Gasteiger partial charge < -0.3 is 18.9 Å². The predicted molar refractivity (Wildman–Crippen MR) is 109 cm³/mol. The lowest BCUT2D eigenvalue weighted by Crippen LogP contribution is -2.34. The lowest BCUT2D eigenvalue weighted by Gasteiger charge is -2.19. The van der Waals surface area contributed by atoms with Crippen molar-refractivity contribution in [2.24, 2.45) is 0 Å². The van der Waals surface area contributed by atoms with Crippen molar-refractivity contribution in [3.63, 3.8) is 0 Å². The molecule has 7 nitrogen and oxygen atoms in total. The molecule has 0 unspecified atom stereocenters. The lowest BCUT2D eigenvalue weighted by molar-refractivity contribution is -0.134. The summed E-state index contributed by atoms with van der Waals surface area (Å²) in [7, 11) is 1.61. The number of carbonyl (C=O) groups excluding carboxylic acids is 1. The summed E-state index contributed by atoms with van der Waals surface area (Å²) in [5.41, 5.74) is 3.12. The van der Waals surface area contributed by atoms with Gasteiger partial charge in [0, 0.05) is 12.1 Å². The highest BCUT2D eigenvalue weighted by atomic mass is 16.5. The number of amides is 1. The van der Waals surface area contributed by atoms with E-state index in [0.717, 1.165) is 16.9 Å². The number of carbonyl (C=O) groups is 1. The normalized spacial score (nSPS) is 10.6. The average Bonchev–Trinajstić information content (AvgIpc) is 3.21. The number of aryl methyl sites for hydroxylation is 2. The van der Waals surface area contributed by atoms with Crippen LogP contribution in [0.4, 0.5) is 0 Å². The molecular formula is C22H25N3O4. The molecule has 7 heteroatoms. The minimum absolute atomic E-state index is 0.0458. The number of likely N-dealkylation sites (N-methyl/N-ethyl adjacent to an activating group) is 1. The van der Waals surface area contributed by atoms with Crippen molar-refractivity contribution in [1.82, 2.24) is 15.0 Å². The van der Waals surface area contributed by atoms with Crippen molar-refractivity contribution in [3.05, 3.63) is 59.5 Å². The second-order valence-corrected chi connectivity index (χ2v) is 6.68. The number of ether oxygens (including phenoxy) is 2. The first kappa shape index (κ1) is 20.4. The summed E-state index contributed by atoms with van der Waals surface area (Å²) in [4.78, 5) is 18.6. The quantitative estimate of drug-likeness (QED) is 0.577. The van der Waals surface area contributed by atoms with Gasteiger partial charge in [0.05, 0.1) is 7.11 Å². The van der Waals surface area contributed by atoms with Gasteiger partial charge in [-0.25, -0.2) is 0 Å². The zero-order chi connectivity index (χ0) is 20.8. The summed E-state index contributed by atoms with van der Waals surface area (Å²) >= 11 is 0. The topological polar surface area (TPSA) is 77.7 Å². The molecule has 0 N–H and O–H groups in total. The Morgan fingerprint density at radius 1 is 1.07 bits per heavy atom. The van der Waals surface area contributed by atoms with Gasteiger partial charge in [0.25, 0.3) is 5.91 Å². The fourth-order valence-corrected chi connectivity index (χ4v) is 2.76. The molecule has 0 atom stereocenters. The SMILES string of the molecule is CCN(Cc1nc(-c2ccc(OC)cc2)no1)C(=O)COc1ccc(C)c(C)c1. The van der Waals surface area contributed by atoms with E-state index in [9.17, 15) is 4.79 Å². The molecule has 0 fully saturated rings. The van der Waals surface area contributed by atoms with E-state index in [-0.39, 0.29) is 19.1 Å². The van der Waals surface area contributed by atoms with Crippen LogP contribution in [0.3, 0.4) is 0 Å². The van der Waals surface area contributed by atoms with E-state index in [2.05, 4.69) is 10.1 Å². The third kappa shape index (κ3) is 5.13. The first-order chi connectivity index (χ1) is 14.0. The molecule has 0 bridgehead atoms. The zero-order valence-electron chi connectivity index (χ0n) is 17.1. The third-order valence-corrected chi connectivity index (χ3v) is 4.72. The van der Waals surface area contributed by atoms with Crippen LogP contribution in [0.25, 0.3) is 11.4 Å². The summed E-state index contributed by atoms with van der Waals surface area (Å²) < 4.78 is 16.1. The minimum atomic E-state index is -0.144. The molecular weight excluding hydrogens is 370 g/mol. The maximum atomic E-state index is 12.5. The van der Waals surface area contributed by atoms with Crippen LogP contribution in [-0.2, 0) is 11.3 Å². The Labute approximate surface area is 170 Å². The third-order valence-electron chi connectivity index (χ3n) is 4.72. The molecule has 0 spiro atoms. The van der Waals surface area contributed by atoms with E-state index in [0.29, 0.717) is 24.0 Å². The molecule has 3 rings (SSSR count). The van der Waals surface area contributed by atoms with Crippen LogP contribution >= 0.6 is 0 Å². The van der Waals surface area contributed by atoms with E-state index in [1.165, 1.54) is 5.56 Å². The number of aromatic nitrogens is 2. The van der Waals surface area contributed by atoms with Gasteiger partial charge in [0.1, 0.15) is 18.0 Å². The van der Waals surface area contributed by atoms with E-state index >= 15 is 0 Å². The molecule has 2 aromatic carbocycles. The lowest BCUT2D eigenvalue weighted by atomic mass is 10.1. The largest absolute Gasteiger partial charge is 0.497 e. The second kappa shape index (κ2) is 9.23. The van der Waals surface area contributed by atoms with E-state index in [1.54, 1.807) is 12.0 Å². The highest BCUT2D eigenvalue weighted by Crippen LogP contribution is 2.20. The van der Waals surface area contributed by atoms with Crippen LogP contribution in [0.1, 0.15) is 23.9 Å². The van der Waals surface area contributed by atoms with Crippen molar-refractivity contribution in [3.8, 4) is 22.9 Å². The molecule has 3 aromatic rings. The van der Waals surface area contributed by atoms with Gasteiger partial charge in [-0.3, -0.25) is 4.79 Å². The Kier molecular flexibility index (Phi) is 6.49. The zero-order valence-corrected chi connectivity index (χ0v) is 17.1. The van der Waals surface area contributed by atoms with Gasteiger partial charge in [0.15, 0.2) is 6.61 Å². The van der Waals surface area contributed by atoms with E-state index < -0.39 is 0 Å². The molecule has 0 aliphatic rings. The standard InChI is InChI=1S/C22H25N3O4/c1-5-25(21(26)14-28-19-9-6-15(2)16(3)12-19)13-20-23-22(24-29-20)17-7-10-18(27-4)11-8-17/h6-12H,5,13-14H2,1-4H3. The molecule has 0 aliphatic carbocycles. The first-order valence-electron chi connectivity index (χ1n) is 9.45. The van der Waals surface area contributed by atoms with Crippen molar-refractivity contribution < 1.29 is 18.8 Å². The summed E-state index contributed by atoms with van der Waals surface area (Å²) in [5.74, 6) is 2.13. The van der Waals surface area contributed by atoms with Crippen molar-refractivity contribution in [1.29, 1.82) is 0 Å². The molecule has 0 aliphatic heterocycles. The minimum Gasteiger partial charge on any atom is -0.497 e. The van der Waals surface area contributed by atoms with E-state index in [1.807, 2.05) is 63.2 Å². The summed E-state index contributed by atoms with van der Waals surface area (Å²) in [5, 5.41) is 4.00. The van der Waals surface area contributed by atoms with Crippen LogP contribution in [0.5, 0.6) is 11.5 Å². The Morgan fingerprint density at radius 2 is 1.79 bits per heavy atom. The van der Waals surface area contributed by atoms with E-state index in [4.69, 9.17) is 14.0 Å². The Balaban J connectivity index is 1.60. The first-order valence-corrected chi connectivity index (χ1v) is 9.45. The highest BCUT2D eigenvalue weighted by molar-refractivity contribution is 5.77. The van der Waals surface area contributed by atoms with Crippen LogP contribution in [-0.4, -0.2) is 41.2 Å². The molecule has 0 radical (unpaired) electrons.